The van der Waals surface area contributed by atoms with Crippen molar-refractivity contribution >= 4 is 17.3 Å². The van der Waals surface area contributed by atoms with Crippen LogP contribution in [0.15, 0.2) is 102 Å². The lowest BCUT2D eigenvalue weighted by molar-refractivity contribution is -0.118. The van der Waals surface area contributed by atoms with E-state index >= 15 is 0 Å². The molecule has 2 aliphatic carbocycles. The third-order valence-corrected chi connectivity index (χ3v) is 7.43. The summed E-state index contributed by atoms with van der Waals surface area (Å²) in [5, 5.41) is 6.36. The lowest BCUT2D eigenvalue weighted by atomic mass is 9.72. The van der Waals surface area contributed by atoms with E-state index in [0.29, 0.717) is 23.6 Å². The van der Waals surface area contributed by atoms with Crippen molar-refractivity contribution in [3.63, 3.8) is 0 Å². The van der Waals surface area contributed by atoms with E-state index in [-0.39, 0.29) is 17.6 Å². The monoisotopic (exact) mass is 492 g/mol. The maximum absolute atomic E-state index is 14.1. The predicted molar refractivity (Wildman–Crippen MR) is 147 cm³/mol. The number of hydrogen-bond acceptors (Lipinski definition) is 4. The predicted octanol–water partition coefficient (Wildman–Crippen LogP) is 5.56. The number of carbonyl (C=O) groups is 2. The zero-order valence-electron chi connectivity index (χ0n) is 21.5. The van der Waals surface area contributed by atoms with Gasteiger partial charge < -0.3 is 15.4 Å². The first-order chi connectivity index (χ1) is 18.0. The molecule has 5 rings (SSSR count). The van der Waals surface area contributed by atoms with Crippen LogP contribution in [-0.2, 0) is 9.59 Å². The summed E-state index contributed by atoms with van der Waals surface area (Å²) < 4.78 is 5.68. The van der Waals surface area contributed by atoms with Crippen LogP contribution in [0.1, 0.15) is 48.8 Å². The number of likely N-dealkylation sites (N-methyl/N-ethyl adjacent to an activating group) is 1. The molecule has 0 aromatic heterocycles. The molecule has 3 aliphatic rings. The minimum atomic E-state index is -0.537. The lowest BCUT2D eigenvalue weighted by Crippen LogP contribution is -2.34. The Bertz CT molecular complexity index is 1410. The lowest BCUT2D eigenvalue weighted by Gasteiger charge is -2.31. The summed E-state index contributed by atoms with van der Waals surface area (Å²) in [5.41, 5.74) is 7.04. The summed E-state index contributed by atoms with van der Waals surface area (Å²) >= 11 is 0. The Hall–Kier alpha value is -4.12. The highest BCUT2D eigenvalue weighted by atomic mass is 16.5. The molecule has 1 aliphatic heterocycles. The molecule has 0 saturated carbocycles. The highest BCUT2D eigenvalue weighted by Gasteiger charge is 2.46. The topological polar surface area (TPSA) is 67.4 Å². The number of Topliss-reactive ketones (excluding diaryl/α,β-unsaturated/α-hetero) is 1. The van der Waals surface area contributed by atoms with Gasteiger partial charge in [0.15, 0.2) is 5.78 Å². The fourth-order valence-electron chi connectivity index (χ4n) is 5.86. The van der Waals surface area contributed by atoms with E-state index in [1.807, 2.05) is 68.5 Å². The molecular weight excluding hydrogens is 460 g/mol. The number of benzene rings is 2. The number of rotatable bonds is 7. The Balaban J connectivity index is 1.59. The molecule has 1 amide bonds. The summed E-state index contributed by atoms with van der Waals surface area (Å²) in [5.74, 6) is -0.281. The average molecular weight is 493 g/mol. The van der Waals surface area contributed by atoms with Crippen LogP contribution in [0.25, 0.3) is 5.57 Å². The largest absolute Gasteiger partial charge is 0.496 e. The van der Waals surface area contributed by atoms with E-state index in [4.69, 9.17) is 4.74 Å². The number of carbonyl (C=O) groups excluding carboxylic acids is 2. The molecule has 2 aromatic carbocycles. The summed E-state index contributed by atoms with van der Waals surface area (Å²) in [6.45, 7) is 8.24. The van der Waals surface area contributed by atoms with E-state index < -0.39 is 11.8 Å². The molecule has 2 N–H and O–H groups in total. The van der Waals surface area contributed by atoms with Crippen molar-refractivity contribution in [1.29, 1.82) is 0 Å². The van der Waals surface area contributed by atoms with Crippen LogP contribution in [0.3, 0.4) is 0 Å². The number of allylic oxidation sites excluding steroid dienone is 8. The molecule has 37 heavy (non-hydrogen) atoms. The third kappa shape index (κ3) is 4.25. The summed E-state index contributed by atoms with van der Waals surface area (Å²) in [4.78, 5) is 27.3. The SMILES string of the molecule is C=CCC1C=C(/C=C2\NC3=CC(C)=C(C(=O)NCC)C(c4ccccc4OC)C3C2=O)c2ccccc21. The number of methoxy groups -OCH3 is 1. The van der Waals surface area contributed by atoms with Gasteiger partial charge in [-0.2, -0.15) is 0 Å². The molecule has 0 spiro atoms. The molecule has 3 atom stereocenters. The first kappa shape index (κ1) is 24.6. The van der Waals surface area contributed by atoms with Crippen molar-refractivity contribution in [2.45, 2.75) is 32.1 Å². The van der Waals surface area contributed by atoms with Crippen molar-refractivity contribution in [3.05, 3.63) is 119 Å². The molecule has 5 heteroatoms. The van der Waals surface area contributed by atoms with Crippen LogP contribution in [-0.4, -0.2) is 25.3 Å². The molecule has 1 heterocycles. The van der Waals surface area contributed by atoms with E-state index in [2.05, 4.69) is 35.4 Å². The van der Waals surface area contributed by atoms with Gasteiger partial charge in [0.25, 0.3) is 0 Å². The first-order valence-corrected chi connectivity index (χ1v) is 12.8. The third-order valence-electron chi connectivity index (χ3n) is 7.43. The van der Waals surface area contributed by atoms with E-state index in [9.17, 15) is 9.59 Å². The molecule has 5 nitrogen and oxygen atoms in total. The maximum atomic E-state index is 14.1. The number of para-hydroxylation sites is 1. The standard InChI is InChI=1S/C32H32N2O3/c1-5-11-20-17-21(23-13-8-7-12-22(20)23)18-26-31(35)30-25(34-26)16-19(3)28(32(36)33-6-2)29(30)24-14-9-10-15-27(24)37-4/h5,7-10,12-18,20,29-30,34H,1,6,11H2,2-4H3,(H,33,36)/b26-18-. The zero-order chi connectivity index (χ0) is 26.1. The van der Waals surface area contributed by atoms with E-state index in [0.717, 1.165) is 34.4 Å². The van der Waals surface area contributed by atoms with Crippen LogP contribution in [0.5, 0.6) is 5.75 Å². The van der Waals surface area contributed by atoms with Gasteiger partial charge in [-0.05, 0) is 60.8 Å². The van der Waals surface area contributed by atoms with Gasteiger partial charge >= 0.3 is 0 Å². The summed E-state index contributed by atoms with van der Waals surface area (Å²) in [6, 6.07) is 16.0. The second-order valence-electron chi connectivity index (χ2n) is 9.64. The van der Waals surface area contributed by atoms with Crippen LogP contribution in [0, 0.1) is 5.92 Å². The highest BCUT2D eigenvalue weighted by molar-refractivity contribution is 6.08. The first-order valence-electron chi connectivity index (χ1n) is 12.8. The Morgan fingerprint density at radius 1 is 1.11 bits per heavy atom. The van der Waals surface area contributed by atoms with Crippen molar-refractivity contribution < 1.29 is 14.3 Å². The minimum absolute atomic E-state index is 0.0259. The maximum Gasteiger partial charge on any atom is 0.248 e. The summed E-state index contributed by atoms with van der Waals surface area (Å²) in [7, 11) is 1.62. The minimum Gasteiger partial charge on any atom is -0.496 e. The molecule has 188 valence electrons. The van der Waals surface area contributed by atoms with Gasteiger partial charge in [-0.1, -0.05) is 54.6 Å². The van der Waals surface area contributed by atoms with Gasteiger partial charge in [0.1, 0.15) is 5.75 Å². The second kappa shape index (κ2) is 10.1. The molecule has 2 aromatic rings. The number of hydrogen-bond donors (Lipinski definition) is 2. The Morgan fingerprint density at radius 2 is 1.84 bits per heavy atom. The van der Waals surface area contributed by atoms with E-state index in [1.165, 1.54) is 5.56 Å². The van der Waals surface area contributed by atoms with Crippen molar-refractivity contribution in [2.75, 3.05) is 13.7 Å². The summed E-state index contributed by atoms with van der Waals surface area (Å²) in [6.07, 6.45) is 8.89. The van der Waals surface area contributed by atoms with Crippen molar-refractivity contribution in [3.8, 4) is 5.75 Å². The molecule has 1 saturated heterocycles. The Morgan fingerprint density at radius 3 is 2.57 bits per heavy atom. The van der Waals surface area contributed by atoms with Crippen LogP contribution >= 0.6 is 0 Å². The van der Waals surface area contributed by atoms with Gasteiger partial charge in [0.05, 0.1) is 18.7 Å². The zero-order valence-corrected chi connectivity index (χ0v) is 21.5. The van der Waals surface area contributed by atoms with Gasteiger partial charge in [-0.15, -0.1) is 6.58 Å². The molecule has 0 bridgehead atoms. The van der Waals surface area contributed by atoms with Gasteiger partial charge in [-0.25, -0.2) is 0 Å². The average Bonchev–Trinajstić information content (AvgIpc) is 3.40. The quantitative estimate of drug-likeness (QED) is 0.392. The smallest absolute Gasteiger partial charge is 0.248 e. The molecular formula is C32H32N2O3. The van der Waals surface area contributed by atoms with Gasteiger partial charge in [0.2, 0.25) is 5.91 Å². The van der Waals surface area contributed by atoms with Crippen LogP contribution < -0.4 is 15.4 Å². The normalized spacial score (nSPS) is 23.2. The fraction of sp³-hybridized carbons (Fsp3) is 0.250. The van der Waals surface area contributed by atoms with Gasteiger partial charge in [0, 0.05) is 35.2 Å². The second-order valence-corrected chi connectivity index (χ2v) is 9.64. The number of ether oxygens (including phenoxy) is 1. The van der Waals surface area contributed by atoms with Crippen molar-refractivity contribution in [2.24, 2.45) is 5.92 Å². The number of nitrogens with one attached hydrogen (secondary N) is 2. The fourth-order valence-corrected chi connectivity index (χ4v) is 5.86. The Kier molecular flexibility index (Phi) is 6.70. The van der Waals surface area contributed by atoms with E-state index in [1.54, 1.807) is 7.11 Å². The Labute approximate surface area is 218 Å². The van der Waals surface area contributed by atoms with Crippen molar-refractivity contribution in [1.82, 2.24) is 10.6 Å². The van der Waals surface area contributed by atoms with Gasteiger partial charge in [-0.3, -0.25) is 9.59 Å². The van der Waals surface area contributed by atoms with Crippen LogP contribution in [0.2, 0.25) is 0 Å². The highest BCUT2D eigenvalue weighted by Crippen LogP contribution is 2.48. The molecule has 0 radical (unpaired) electrons. The molecule has 1 fully saturated rings. The number of amides is 1. The number of fused-ring (bicyclic) bond motifs is 2. The van der Waals surface area contributed by atoms with Crippen LogP contribution in [0.4, 0.5) is 0 Å². The number of ketones is 1. The molecule has 3 unspecified atom stereocenters.